The molecule has 4 N–H and O–H groups in total. The molecule has 0 saturated carbocycles. The monoisotopic (exact) mass is 242 g/mol. The quantitative estimate of drug-likeness (QED) is 0.708. The van der Waals surface area contributed by atoms with Gasteiger partial charge in [0.25, 0.3) is 0 Å². The van der Waals surface area contributed by atoms with Crippen LogP contribution in [0.4, 0.5) is 10.5 Å². The minimum absolute atomic E-state index is 0.139. The fraction of sp³-hybridized carbons (Fsp3) is 0.0714. The van der Waals surface area contributed by atoms with Crippen molar-refractivity contribution in [3.05, 3.63) is 48.0 Å². The van der Waals surface area contributed by atoms with Gasteiger partial charge in [-0.3, -0.25) is 0 Å². The highest BCUT2D eigenvalue weighted by molar-refractivity contribution is 5.93. The van der Waals surface area contributed by atoms with E-state index in [9.17, 15) is 9.90 Å². The van der Waals surface area contributed by atoms with Crippen LogP contribution < -0.4 is 11.1 Å². The van der Waals surface area contributed by atoms with E-state index in [-0.39, 0.29) is 5.75 Å². The topological polar surface area (TPSA) is 75.3 Å². The second-order valence-electron chi connectivity index (χ2n) is 4.09. The molecule has 0 saturated heterocycles. The van der Waals surface area contributed by atoms with Gasteiger partial charge in [0.2, 0.25) is 0 Å². The number of benzene rings is 2. The number of amides is 2. The van der Waals surface area contributed by atoms with E-state index in [1.54, 1.807) is 12.1 Å². The zero-order valence-electron chi connectivity index (χ0n) is 9.97. The van der Waals surface area contributed by atoms with Crippen molar-refractivity contribution in [2.45, 2.75) is 6.92 Å². The summed E-state index contributed by atoms with van der Waals surface area (Å²) in [6.45, 7) is 1.99. The van der Waals surface area contributed by atoms with Crippen molar-refractivity contribution in [1.82, 2.24) is 0 Å². The summed E-state index contributed by atoms with van der Waals surface area (Å²) in [5, 5.41) is 12.1. The van der Waals surface area contributed by atoms with Crippen LogP contribution in [0.1, 0.15) is 5.56 Å². The number of phenolic OH excluding ortho intramolecular Hbond substituents is 1. The van der Waals surface area contributed by atoms with Gasteiger partial charge >= 0.3 is 6.03 Å². The van der Waals surface area contributed by atoms with Gasteiger partial charge in [-0.25, -0.2) is 4.79 Å². The molecule has 0 bridgehead atoms. The number of nitrogens with two attached hydrogens (primary N) is 1. The first-order chi connectivity index (χ1) is 8.56. The first-order valence-corrected chi connectivity index (χ1v) is 5.53. The third-order valence-electron chi connectivity index (χ3n) is 2.62. The third kappa shape index (κ3) is 2.60. The van der Waals surface area contributed by atoms with E-state index >= 15 is 0 Å². The van der Waals surface area contributed by atoms with Crippen LogP contribution in [0.3, 0.4) is 0 Å². The third-order valence-corrected chi connectivity index (χ3v) is 2.62. The van der Waals surface area contributed by atoms with Gasteiger partial charge in [-0.2, -0.15) is 0 Å². The van der Waals surface area contributed by atoms with Crippen LogP contribution in [0.25, 0.3) is 11.1 Å². The Hall–Kier alpha value is -2.49. The van der Waals surface area contributed by atoms with Crippen LogP contribution in [0.5, 0.6) is 5.75 Å². The number of hydrogen-bond donors (Lipinski definition) is 3. The number of rotatable bonds is 2. The molecule has 2 rings (SSSR count). The largest absolute Gasteiger partial charge is 0.508 e. The predicted molar refractivity (Wildman–Crippen MR) is 71.5 cm³/mol. The maximum atomic E-state index is 10.9. The second kappa shape index (κ2) is 4.79. The summed E-state index contributed by atoms with van der Waals surface area (Å²) in [5.41, 5.74) is 8.47. The summed E-state index contributed by atoms with van der Waals surface area (Å²) >= 11 is 0. The lowest BCUT2D eigenvalue weighted by Crippen LogP contribution is -2.19. The van der Waals surface area contributed by atoms with Crippen molar-refractivity contribution in [3.63, 3.8) is 0 Å². The van der Waals surface area contributed by atoms with Crippen molar-refractivity contribution in [2.75, 3.05) is 5.32 Å². The summed E-state index contributed by atoms with van der Waals surface area (Å²) in [7, 11) is 0. The number of hydrogen-bond acceptors (Lipinski definition) is 2. The molecule has 0 heterocycles. The van der Waals surface area contributed by atoms with E-state index in [4.69, 9.17) is 5.73 Å². The van der Waals surface area contributed by atoms with E-state index < -0.39 is 6.03 Å². The minimum atomic E-state index is -0.631. The zero-order chi connectivity index (χ0) is 13.1. The molecule has 0 unspecified atom stereocenters. The number of anilines is 1. The summed E-state index contributed by atoms with van der Waals surface area (Å²) in [5.74, 6) is 0.139. The first kappa shape index (κ1) is 12.0. The average molecular weight is 242 g/mol. The van der Waals surface area contributed by atoms with Gasteiger partial charge in [0.05, 0.1) is 5.69 Å². The van der Waals surface area contributed by atoms with Gasteiger partial charge in [0.15, 0.2) is 0 Å². The van der Waals surface area contributed by atoms with Gasteiger partial charge in [-0.05, 0) is 30.7 Å². The first-order valence-electron chi connectivity index (χ1n) is 5.53. The summed E-state index contributed by atoms with van der Waals surface area (Å²) in [6, 6.07) is 11.9. The summed E-state index contributed by atoms with van der Waals surface area (Å²) < 4.78 is 0. The molecule has 18 heavy (non-hydrogen) atoms. The van der Waals surface area contributed by atoms with E-state index in [1.165, 1.54) is 6.07 Å². The summed E-state index contributed by atoms with van der Waals surface area (Å²) in [6.07, 6.45) is 0. The lowest BCUT2D eigenvalue weighted by atomic mass is 10.0. The minimum Gasteiger partial charge on any atom is -0.508 e. The molecule has 2 amide bonds. The number of aryl methyl sites for hydroxylation is 1. The highest BCUT2D eigenvalue weighted by Crippen LogP contribution is 2.31. The molecule has 0 atom stereocenters. The van der Waals surface area contributed by atoms with Crippen LogP contribution in [0.2, 0.25) is 0 Å². The molecule has 2 aromatic carbocycles. The van der Waals surface area contributed by atoms with Crippen molar-refractivity contribution in [3.8, 4) is 16.9 Å². The molecule has 92 valence electrons. The van der Waals surface area contributed by atoms with Crippen LogP contribution >= 0.6 is 0 Å². The Morgan fingerprint density at radius 1 is 1.17 bits per heavy atom. The number of carbonyl (C=O) groups is 1. The molecule has 4 heteroatoms. The zero-order valence-corrected chi connectivity index (χ0v) is 9.97. The van der Waals surface area contributed by atoms with Gasteiger partial charge in [-0.1, -0.05) is 29.8 Å². The highest BCUT2D eigenvalue weighted by atomic mass is 16.3. The Balaban J connectivity index is 2.50. The fourth-order valence-corrected chi connectivity index (χ4v) is 1.75. The van der Waals surface area contributed by atoms with Crippen molar-refractivity contribution >= 4 is 11.7 Å². The summed E-state index contributed by atoms with van der Waals surface area (Å²) in [4.78, 5) is 10.9. The molecule has 0 aliphatic carbocycles. The van der Waals surface area contributed by atoms with Crippen molar-refractivity contribution in [1.29, 1.82) is 0 Å². The normalized spacial score (nSPS) is 10.1. The molecule has 0 aliphatic rings. The van der Waals surface area contributed by atoms with Gasteiger partial charge < -0.3 is 16.2 Å². The van der Waals surface area contributed by atoms with E-state index in [0.29, 0.717) is 5.69 Å². The standard InChI is InChI=1S/C14H14N2O2/c1-9-2-4-10(5-3-9)12-8-11(17)6-7-13(12)16-14(15)18/h2-8,17H,1H3,(H3,15,16,18). The maximum absolute atomic E-state index is 10.9. The van der Waals surface area contributed by atoms with Crippen LogP contribution in [0, 0.1) is 6.92 Å². The average Bonchev–Trinajstić information content (AvgIpc) is 2.32. The molecule has 0 aliphatic heterocycles. The number of phenols is 1. The number of primary amides is 1. The Kier molecular flexibility index (Phi) is 3.19. The molecule has 0 fully saturated rings. The van der Waals surface area contributed by atoms with Gasteiger partial charge in [0, 0.05) is 5.56 Å². The Morgan fingerprint density at radius 3 is 2.44 bits per heavy atom. The Morgan fingerprint density at radius 2 is 1.83 bits per heavy atom. The Labute approximate surface area is 105 Å². The fourth-order valence-electron chi connectivity index (χ4n) is 1.75. The molecule has 4 nitrogen and oxygen atoms in total. The molecule has 2 aromatic rings. The maximum Gasteiger partial charge on any atom is 0.316 e. The van der Waals surface area contributed by atoms with Crippen LogP contribution in [-0.4, -0.2) is 11.1 Å². The Bertz CT molecular complexity index is 577. The van der Waals surface area contributed by atoms with Gasteiger partial charge in [0.1, 0.15) is 5.75 Å². The molecule has 0 aromatic heterocycles. The van der Waals surface area contributed by atoms with Crippen molar-refractivity contribution < 1.29 is 9.90 Å². The number of carbonyl (C=O) groups excluding carboxylic acids is 1. The van der Waals surface area contributed by atoms with Gasteiger partial charge in [-0.15, -0.1) is 0 Å². The molecular weight excluding hydrogens is 228 g/mol. The number of aromatic hydroxyl groups is 1. The molecule has 0 radical (unpaired) electrons. The highest BCUT2D eigenvalue weighted by Gasteiger charge is 2.07. The lowest BCUT2D eigenvalue weighted by molar-refractivity contribution is 0.259. The van der Waals surface area contributed by atoms with Crippen LogP contribution in [-0.2, 0) is 0 Å². The smallest absolute Gasteiger partial charge is 0.316 e. The van der Waals surface area contributed by atoms with Crippen molar-refractivity contribution in [2.24, 2.45) is 5.73 Å². The number of nitrogens with one attached hydrogen (secondary N) is 1. The SMILES string of the molecule is Cc1ccc(-c2cc(O)ccc2NC(N)=O)cc1. The van der Waals surface area contributed by atoms with E-state index in [0.717, 1.165) is 16.7 Å². The second-order valence-corrected chi connectivity index (χ2v) is 4.09. The van der Waals surface area contributed by atoms with Crippen LogP contribution in [0.15, 0.2) is 42.5 Å². The van der Waals surface area contributed by atoms with E-state index in [2.05, 4.69) is 5.32 Å². The molecular formula is C14H14N2O2. The molecule has 0 spiro atoms. The predicted octanol–water partition coefficient (Wildman–Crippen LogP) is 2.86. The number of urea groups is 1. The van der Waals surface area contributed by atoms with E-state index in [1.807, 2.05) is 31.2 Å². The lowest BCUT2D eigenvalue weighted by Gasteiger charge is -2.10.